The Morgan fingerprint density at radius 2 is 0.833 bits per heavy atom. The Bertz CT molecular complexity index is 1140. The van der Waals surface area contributed by atoms with E-state index in [2.05, 4.69) is 154 Å². The molecule has 0 atom stereocenters. The predicted octanol–water partition coefficient (Wildman–Crippen LogP) is 12.7. The second-order valence-corrected chi connectivity index (χ2v) is 13.3. The normalized spacial score (nSPS) is 21.0. The van der Waals surface area contributed by atoms with Crippen LogP contribution in [0.5, 0.6) is 0 Å². The van der Waals surface area contributed by atoms with Crippen LogP contribution in [-0.2, 0) is 0 Å². The molecule has 2 heteroatoms. The summed E-state index contributed by atoms with van der Waals surface area (Å²) in [6, 6.07) is 0. The van der Waals surface area contributed by atoms with Crippen molar-refractivity contribution in [2.24, 2.45) is 10.8 Å². The van der Waals surface area contributed by atoms with Gasteiger partial charge in [-0.1, -0.05) is 146 Å². The van der Waals surface area contributed by atoms with Gasteiger partial charge in [0.15, 0.2) is 0 Å². The molecule has 0 N–H and O–H groups in total. The molecule has 0 amide bonds. The Morgan fingerprint density at radius 1 is 0.524 bits per heavy atom. The summed E-state index contributed by atoms with van der Waals surface area (Å²) in [5.41, 5.74) is 11.7. The fourth-order valence-electron chi connectivity index (χ4n) is 5.79. The van der Waals surface area contributed by atoms with Crippen LogP contribution in [-0.4, -0.2) is 0 Å². The summed E-state index contributed by atoms with van der Waals surface area (Å²) in [6.07, 6.45) is 38.4. The van der Waals surface area contributed by atoms with Crippen molar-refractivity contribution in [3.05, 3.63) is 140 Å². The average Bonchev–Trinajstić information content (AvgIpc) is 2.91. The first-order valence-electron chi connectivity index (χ1n) is 15.5. The molecule has 0 aromatic rings. The molecule has 2 nitrogen and oxygen atoms in total. The Balaban J connectivity index is 0.00000431. The third-order valence-corrected chi connectivity index (χ3v) is 8.38. The van der Waals surface area contributed by atoms with E-state index >= 15 is 0 Å². The minimum atomic E-state index is 0.291. The van der Waals surface area contributed by atoms with Gasteiger partial charge < -0.3 is 0 Å². The SMILES string of the molecule is CC1=C(/C=C/C(C)=C/C=C/C(C)=C/C=C/C=C(C)/C=C/C=C(C)/C=C/C2=C(C)CCCC2(C)C)C(C)(C)CCC1.O=O. The van der Waals surface area contributed by atoms with Crippen LogP contribution in [0.4, 0.5) is 0 Å². The number of rotatable bonds is 10. The molecule has 0 heterocycles. The van der Waals surface area contributed by atoms with Crippen molar-refractivity contribution in [3.63, 3.8) is 0 Å². The van der Waals surface area contributed by atoms with Gasteiger partial charge in [-0.05, 0) is 102 Å². The standard InChI is InChI=1S/C40H56.O2/c1-31(19-13-21-33(3)25-27-37-35(5)23-15-29-39(37,7)8)17-11-12-18-32(2)20-14-22-34(4)26-28-38-36(6)24-16-30-40(38,9)10;1-2/h11-14,17-22,25-28H,15-16,23-24,29-30H2,1-10H3;/b12-11+,19-13+,20-14+,27-25+,28-26+,31-17+,32-18+,33-21+,34-22+;. The zero-order chi connectivity index (χ0) is 31.8. The van der Waals surface area contributed by atoms with Gasteiger partial charge in [-0.25, -0.2) is 0 Å². The minimum absolute atomic E-state index is 0.291. The van der Waals surface area contributed by atoms with Crippen LogP contribution in [0.15, 0.2) is 130 Å². The Labute approximate surface area is 257 Å². The summed E-state index contributed by atoms with van der Waals surface area (Å²) >= 11 is 0. The summed E-state index contributed by atoms with van der Waals surface area (Å²) in [5.74, 6) is 0. The Kier molecular flexibility index (Phi) is 16.0. The van der Waals surface area contributed by atoms with Crippen molar-refractivity contribution in [2.75, 3.05) is 0 Å². The van der Waals surface area contributed by atoms with E-state index < -0.39 is 0 Å². The van der Waals surface area contributed by atoms with Crippen LogP contribution in [0.25, 0.3) is 0 Å². The summed E-state index contributed by atoms with van der Waals surface area (Å²) < 4.78 is 0. The Morgan fingerprint density at radius 3 is 1.17 bits per heavy atom. The van der Waals surface area contributed by atoms with Crippen LogP contribution < -0.4 is 0 Å². The van der Waals surface area contributed by atoms with E-state index in [-0.39, 0.29) is 0 Å². The van der Waals surface area contributed by atoms with E-state index in [0.717, 1.165) is 0 Å². The summed E-state index contributed by atoms with van der Waals surface area (Å²) in [7, 11) is 0. The van der Waals surface area contributed by atoms with Gasteiger partial charge in [0.25, 0.3) is 0 Å². The van der Waals surface area contributed by atoms with Crippen LogP contribution in [0, 0.1) is 20.8 Å². The van der Waals surface area contributed by atoms with Crippen molar-refractivity contribution in [2.45, 2.75) is 108 Å². The van der Waals surface area contributed by atoms with Gasteiger partial charge in [0, 0.05) is 9.93 Å². The highest BCUT2D eigenvalue weighted by Gasteiger charge is 2.27. The number of hydrogen-bond acceptors (Lipinski definition) is 2. The van der Waals surface area contributed by atoms with Crippen molar-refractivity contribution >= 4 is 0 Å². The van der Waals surface area contributed by atoms with Gasteiger partial charge in [0.2, 0.25) is 0 Å². The lowest BCUT2D eigenvalue weighted by Crippen LogP contribution is -2.19. The van der Waals surface area contributed by atoms with Gasteiger partial charge in [-0.15, -0.1) is 0 Å². The largest absolute Gasteiger partial charge is 0.0696 e. The molecule has 0 bridgehead atoms. The molecule has 0 aromatic heterocycles. The molecule has 2 aliphatic rings. The maximum Gasteiger partial charge on any atom is 0 e. The lowest BCUT2D eigenvalue weighted by molar-refractivity contribution is 0.376. The maximum atomic E-state index is 7.00. The number of hydrogen-bond donors (Lipinski definition) is 0. The highest BCUT2D eigenvalue weighted by atomic mass is 16.7. The molecule has 2 rings (SSSR count). The molecule has 2 aliphatic carbocycles. The van der Waals surface area contributed by atoms with Crippen molar-refractivity contribution in [1.82, 2.24) is 0 Å². The molecular formula is C40H56O2. The fourth-order valence-corrected chi connectivity index (χ4v) is 5.79. The van der Waals surface area contributed by atoms with Crippen LogP contribution >= 0.6 is 0 Å². The average molecular weight is 569 g/mol. The second kappa shape index (κ2) is 18.3. The monoisotopic (exact) mass is 568 g/mol. The third-order valence-electron chi connectivity index (χ3n) is 8.38. The van der Waals surface area contributed by atoms with E-state index in [4.69, 9.17) is 9.93 Å². The lowest BCUT2D eigenvalue weighted by atomic mass is 9.72. The first-order chi connectivity index (χ1) is 19.8. The molecule has 0 fully saturated rings. The van der Waals surface area contributed by atoms with E-state index in [1.165, 1.54) is 72.0 Å². The molecule has 0 unspecified atom stereocenters. The molecule has 0 radical (unpaired) electrons. The van der Waals surface area contributed by atoms with Crippen molar-refractivity contribution in [3.8, 4) is 0 Å². The van der Waals surface area contributed by atoms with Gasteiger partial charge in [0.05, 0.1) is 0 Å². The smallest absolute Gasteiger partial charge is 0 e. The zero-order valence-electron chi connectivity index (χ0n) is 28.1. The first kappa shape index (κ1) is 36.8. The summed E-state index contributed by atoms with van der Waals surface area (Å²) in [5, 5.41) is 0. The second-order valence-electron chi connectivity index (χ2n) is 13.3. The quantitative estimate of drug-likeness (QED) is 0.246. The molecule has 0 spiro atoms. The predicted molar refractivity (Wildman–Crippen MR) is 188 cm³/mol. The van der Waals surface area contributed by atoms with Gasteiger partial charge in [-0.3, -0.25) is 0 Å². The Hall–Kier alpha value is -3.26. The summed E-state index contributed by atoms with van der Waals surface area (Å²) in [6.45, 7) is 22.7. The molecule has 0 aliphatic heterocycles. The van der Waals surface area contributed by atoms with Gasteiger partial charge in [0.1, 0.15) is 0 Å². The van der Waals surface area contributed by atoms with Crippen LogP contribution in [0.2, 0.25) is 0 Å². The van der Waals surface area contributed by atoms with Crippen molar-refractivity contribution < 1.29 is 0 Å². The summed E-state index contributed by atoms with van der Waals surface area (Å²) in [4.78, 5) is 14.0. The van der Waals surface area contributed by atoms with Crippen LogP contribution in [0.1, 0.15) is 108 Å². The van der Waals surface area contributed by atoms with Crippen molar-refractivity contribution in [1.29, 1.82) is 0 Å². The fraction of sp³-hybridized carbons (Fsp3) is 0.450. The molecule has 0 saturated heterocycles. The van der Waals surface area contributed by atoms with Gasteiger partial charge >= 0.3 is 0 Å². The van der Waals surface area contributed by atoms with E-state index in [1.807, 2.05) is 0 Å². The highest BCUT2D eigenvalue weighted by Crippen LogP contribution is 2.41. The molecule has 42 heavy (non-hydrogen) atoms. The highest BCUT2D eigenvalue weighted by molar-refractivity contribution is 5.39. The minimum Gasteiger partial charge on any atom is -0.0696 e. The topological polar surface area (TPSA) is 34.1 Å². The molecule has 0 aromatic carbocycles. The first-order valence-corrected chi connectivity index (χ1v) is 15.5. The number of allylic oxidation sites excluding steroid dienone is 22. The molecule has 0 saturated carbocycles. The van der Waals surface area contributed by atoms with E-state index in [0.29, 0.717) is 10.8 Å². The zero-order valence-corrected chi connectivity index (χ0v) is 28.1. The van der Waals surface area contributed by atoms with E-state index in [1.54, 1.807) is 11.1 Å². The lowest BCUT2D eigenvalue weighted by Gasteiger charge is -2.33. The molecular weight excluding hydrogens is 512 g/mol. The molecule has 228 valence electrons. The maximum absolute atomic E-state index is 7.00. The third kappa shape index (κ3) is 13.1. The van der Waals surface area contributed by atoms with Crippen LogP contribution in [0.3, 0.4) is 0 Å². The van der Waals surface area contributed by atoms with Gasteiger partial charge in [-0.2, -0.15) is 0 Å². The van der Waals surface area contributed by atoms with E-state index in [9.17, 15) is 0 Å².